The predicted molar refractivity (Wildman–Crippen MR) is 100 cm³/mol. The van der Waals surface area contributed by atoms with Crippen molar-refractivity contribution in [3.8, 4) is 11.5 Å². The molecule has 0 aliphatic rings. The molecule has 0 aliphatic carbocycles. The maximum absolute atomic E-state index is 13.1. The van der Waals surface area contributed by atoms with Crippen molar-refractivity contribution in [2.75, 3.05) is 11.1 Å². The van der Waals surface area contributed by atoms with Crippen LogP contribution < -0.4 is 5.32 Å². The van der Waals surface area contributed by atoms with Crippen molar-refractivity contribution in [2.45, 2.75) is 18.3 Å². The Labute approximate surface area is 167 Å². The largest absolute Gasteiger partial charge is 0.463 e. The van der Waals surface area contributed by atoms with Gasteiger partial charge in [0, 0.05) is 10.7 Å². The van der Waals surface area contributed by atoms with Crippen molar-refractivity contribution in [1.29, 1.82) is 0 Å². The molecule has 1 aromatic carbocycles. The normalized spacial score (nSPS) is 11.5. The number of aromatic nitrogens is 2. The summed E-state index contributed by atoms with van der Waals surface area (Å²) in [5.74, 6) is -0.427. The first-order chi connectivity index (χ1) is 13.2. The number of thioether (sulfide) groups is 1. The number of anilines is 1. The van der Waals surface area contributed by atoms with Gasteiger partial charge in [-0.2, -0.15) is 13.2 Å². The van der Waals surface area contributed by atoms with Crippen LogP contribution in [0, 0.1) is 6.92 Å². The van der Waals surface area contributed by atoms with Crippen molar-refractivity contribution in [1.82, 2.24) is 9.97 Å². The lowest BCUT2D eigenvalue weighted by Gasteiger charge is -2.10. The first kappa shape index (κ1) is 20.2. The number of amides is 1. The van der Waals surface area contributed by atoms with Crippen LogP contribution in [0.1, 0.15) is 11.3 Å². The smallest absolute Gasteiger partial charge is 0.433 e. The van der Waals surface area contributed by atoms with E-state index in [0.29, 0.717) is 10.7 Å². The highest BCUT2D eigenvalue weighted by Crippen LogP contribution is 2.32. The summed E-state index contributed by atoms with van der Waals surface area (Å²) in [5.41, 5.74) is 0.224. The van der Waals surface area contributed by atoms with E-state index in [2.05, 4.69) is 15.3 Å². The molecule has 0 atom stereocenters. The number of hydrogen-bond donors (Lipinski definition) is 1. The molecular formula is C18H13ClF3N3O2S. The summed E-state index contributed by atoms with van der Waals surface area (Å²) in [4.78, 5) is 19.7. The summed E-state index contributed by atoms with van der Waals surface area (Å²) in [5, 5.41) is 2.94. The van der Waals surface area contributed by atoms with E-state index in [1.54, 1.807) is 18.2 Å². The topological polar surface area (TPSA) is 68.0 Å². The monoisotopic (exact) mass is 427 g/mol. The van der Waals surface area contributed by atoms with E-state index in [0.717, 1.165) is 23.4 Å². The zero-order valence-corrected chi connectivity index (χ0v) is 16.0. The van der Waals surface area contributed by atoms with Crippen LogP contribution in [0.2, 0.25) is 5.02 Å². The van der Waals surface area contributed by atoms with Gasteiger partial charge in [0.05, 0.1) is 12.0 Å². The second-order valence-corrected chi connectivity index (χ2v) is 7.05. The van der Waals surface area contributed by atoms with E-state index in [1.165, 1.54) is 18.4 Å². The van der Waals surface area contributed by atoms with E-state index in [4.69, 9.17) is 16.0 Å². The Bertz CT molecular complexity index is 994. The number of alkyl halides is 3. The molecule has 146 valence electrons. The van der Waals surface area contributed by atoms with Crippen LogP contribution in [0.5, 0.6) is 0 Å². The van der Waals surface area contributed by atoms with Gasteiger partial charge >= 0.3 is 6.18 Å². The molecule has 0 spiro atoms. The SMILES string of the molecule is Cc1ccc(NC(=O)CSc2nc(-c3ccco3)cc(C(F)(F)F)n2)cc1Cl. The summed E-state index contributed by atoms with van der Waals surface area (Å²) in [6.07, 6.45) is -3.32. The number of halogens is 4. The second kappa shape index (κ2) is 8.24. The number of benzene rings is 1. The minimum Gasteiger partial charge on any atom is -0.463 e. The molecule has 0 saturated heterocycles. The molecule has 0 aliphatic heterocycles. The number of carbonyl (C=O) groups excluding carboxylic acids is 1. The van der Waals surface area contributed by atoms with Crippen molar-refractivity contribution in [3.05, 3.63) is 58.9 Å². The molecule has 10 heteroatoms. The van der Waals surface area contributed by atoms with Gasteiger partial charge in [-0.05, 0) is 42.8 Å². The van der Waals surface area contributed by atoms with Gasteiger partial charge in [0.1, 0.15) is 11.4 Å². The quantitative estimate of drug-likeness (QED) is 0.433. The van der Waals surface area contributed by atoms with Crippen LogP contribution >= 0.6 is 23.4 Å². The Kier molecular flexibility index (Phi) is 5.95. The van der Waals surface area contributed by atoms with Gasteiger partial charge in [0.15, 0.2) is 10.9 Å². The maximum atomic E-state index is 13.1. The average Bonchev–Trinajstić information content (AvgIpc) is 3.17. The zero-order valence-electron chi connectivity index (χ0n) is 14.4. The fraction of sp³-hybridized carbons (Fsp3) is 0.167. The predicted octanol–water partition coefficient (Wildman–Crippen LogP) is 5.45. The van der Waals surface area contributed by atoms with Crippen LogP contribution in [-0.4, -0.2) is 21.6 Å². The Balaban J connectivity index is 1.75. The Morgan fingerprint density at radius 1 is 1.25 bits per heavy atom. The van der Waals surface area contributed by atoms with E-state index in [1.807, 2.05) is 6.92 Å². The Morgan fingerprint density at radius 2 is 2.04 bits per heavy atom. The van der Waals surface area contributed by atoms with Crippen LogP contribution in [0.25, 0.3) is 11.5 Å². The Hall–Kier alpha value is -2.52. The van der Waals surface area contributed by atoms with Gasteiger partial charge in [0.2, 0.25) is 5.91 Å². The van der Waals surface area contributed by atoms with E-state index < -0.39 is 17.8 Å². The average molecular weight is 428 g/mol. The summed E-state index contributed by atoms with van der Waals surface area (Å²) in [6.45, 7) is 1.82. The molecule has 0 fully saturated rings. The standard InChI is InChI=1S/C18H13ClF3N3O2S/c1-10-4-5-11(7-12(10)19)23-16(26)9-28-17-24-13(14-3-2-6-27-14)8-15(25-17)18(20,21)22/h2-8H,9H2,1H3,(H,23,26). The molecule has 28 heavy (non-hydrogen) atoms. The number of furan rings is 1. The van der Waals surface area contributed by atoms with Crippen LogP contribution in [0.4, 0.5) is 18.9 Å². The lowest BCUT2D eigenvalue weighted by molar-refractivity contribution is -0.141. The number of nitrogens with one attached hydrogen (secondary N) is 1. The Morgan fingerprint density at radius 3 is 2.68 bits per heavy atom. The van der Waals surface area contributed by atoms with Crippen LogP contribution in [0.3, 0.4) is 0 Å². The number of nitrogens with zero attached hydrogens (tertiary/aromatic N) is 2. The van der Waals surface area contributed by atoms with Crippen LogP contribution in [-0.2, 0) is 11.0 Å². The molecule has 1 amide bonds. The van der Waals surface area contributed by atoms with E-state index in [-0.39, 0.29) is 22.4 Å². The number of carbonyl (C=O) groups is 1. The minimum atomic E-state index is -4.65. The van der Waals surface area contributed by atoms with Crippen LogP contribution in [0.15, 0.2) is 52.2 Å². The lowest BCUT2D eigenvalue weighted by atomic mass is 10.2. The summed E-state index contributed by atoms with van der Waals surface area (Å²) in [7, 11) is 0. The fourth-order valence-electron chi connectivity index (χ4n) is 2.18. The van der Waals surface area contributed by atoms with E-state index in [9.17, 15) is 18.0 Å². The first-order valence-electron chi connectivity index (χ1n) is 7.91. The molecule has 0 saturated carbocycles. The van der Waals surface area contributed by atoms with Gasteiger partial charge in [-0.3, -0.25) is 4.79 Å². The third-order valence-corrected chi connectivity index (χ3v) is 4.81. The summed E-state index contributed by atoms with van der Waals surface area (Å²) in [6, 6.07) is 8.85. The molecule has 0 radical (unpaired) electrons. The molecule has 2 aromatic heterocycles. The van der Waals surface area contributed by atoms with Crippen molar-refractivity contribution in [3.63, 3.8) is 0 Å². The zero-order chi connectivity index (χ0) is 20.3. The summed E-state index contributed by atoms with van der Waals surface area (Å²) >= 11 is 6.79. The van der Waals surface area contributed by atoms with Gasteiger partial charge < -0.3 is 9.73 Å². The summed E-state index contributed by atoms with van der Waals surface area (Å²) < 4.78 is 44.5. The molecule has 3 rings (SSSR count). The minimum absolute atomic E-state index is 0.0134. The molecule has 2 heterocycles. The number of hydrogen-bond acceptors (Lipinski definition) is 5. The third kappa shape index (κ3) is 5.05. The van der Waals surface area contributed by atoms with Gasteiger partial charge in [-0.1, -0.05) is 29.4 Å². The molecule has 0 bridgehead atoms. The molecule has 5 nitrogen and oxygen atoms in total. The second-order valence-electron chi connectivity index (χ2n) is 5.70. The molecular weight excluding hydrogens is 415 g/mol. The van der Waals surface area contributed by atoms with Gasteiger partial charge in [0.25, 0.3) is 0 Å². The molecule has 1 N–H and O–H groups in total. The molecule has 3 aromatic rings. The fourth-order valence-corrected chi connectivity index (χ4v) is 3.02. The first-order valence-corrected chi connectivity index (χ1v) is 9.27. The highest BCUT2D eigenvalue weighted by Gasteiger charge is 2.34. The highest BCUT2D eigenvalue weighted by atomic mass is 35.5. The van der Waals surface area contributed by atoms with Gasteiger partial charge in [-0.15, -0.1) is 0 Å². The highest BCUT2D eigenvalue weighted by molar-refractivity contribution is 7.99. The number of rotatable bonds is 5. The number of aryl methyl sites for hydroxylation is 1. The third-order valence-electron chi connectivity index (χ3n) is 3.56. The van der Waals surface area contributed by atoms with Gasteiger partial charge in [-0.25, -0.2) is 9.97 Å². The van der Waals surface area contributed by atoms with Crippen molar-refractivity contribution >= 4 is 35.0 Å². The molecule has 0 unspecified atom stereocenters. The maximum Gasteiger partial charge on any atom is 0.433 e. The van der Waals surface area contributed by atoms with E-state index >= 15 is 0 Å². The van der Waals surface area contributed by atoms with Crippen molar-refractivity contribution in [2.24, 2.45) is 0 Å². The lowest BCUT2D eigenvalue weighted by Crippen LogP contribution is -2.15. The van der Waals surface area contributed by atoms with Crippen molar-refractivity contribution < 1.29 is 22.4 Å².